The highest BCUT2D eigenvalue weighted by Gasteiger charge is 2.22. The lowest BCUT2D eigenvalue weighted by Crippen LogP contribution is -2.13. The number of imidazole rings is 1. The summed E-state index contributed by atoms with van der Waals surface area (Å²) in [6, 6.07) is 0. The van der Waals surface area contributed by atoms with Gasteiger partial charge in [-0.3, -0.25) is 0 Å². The molecule has 0 aliphatic heterocycles. The first-order valence-corrected chi connectivity index (χ1v) is 8.98. The minimum Gasteiger partial charge on any atom is -0.382 e. The van der Waals surface area contributed by atoms with Crippen molar-refractivity contribution in [3.05, 3.63) is 17.1 Å². The topological polar surface area (TPSA) is 82.8 Å². The lowest BCUT2D eigenvalue weighted by molar-refractivity contribution is 0.510. The normalized spacial score (nSPS) is 14.6. The molecule has 23 heavy (non-hydrogen) atoms. The van der Waals surface area contributed by atoms with Gasteiger partial charge in [0.1, 0.15) is 11.3 Å². The fraction of sp³-hybridized carbons (Fsp3) is 0.667. The van der Waals surface area contributed by atoms with Gasteiger partial charge >= 0.3 is 0 Å². The molecule has 0 saturated carbocycles. The van der Waals surface area contributed by atoms with E-state index >= 15 is 0 Å². The van der Waals surface area contributed by atoms with E-state index in [2.05, 4.69) is 23.4 Å². The minimum atomic E-state index is 0.578. The number of anilines is 1. The van der Waals surface area contributed by atoms with Crippen LogP contribution in [0, 0.1) is 5.92 Å². The van der Waals surface area contributed by atoms with Gasteiger partial charge in [-0.25, -0.2) is 9.97 Å². The Hall–Kier alpha value is -1.62. The van der Waals surface area contributed by atoms with Crippen molar-refractivity contribution in [3.63, 3.8) is 0 Å². The molecule has 0 atom stereocenters. The molecule has 2 heterocycles. The highest BCUT2D eigenvalue weighted by molar-refractivity contribution is 5.89. The second kappa shape index (κ2) is 6.87. The molecule has 0 radical (unpaired) electrons. The molecule has 126 valence electrons. The fourth-order valence-corrected chi connectivity index (χ4v) is 3.63. The number of fused-ring (bicyclic) bond motifs is 3. The maximum Gasteiger partial charge on any atom is 0.151 e. The van der Waals surface area contributed by atoms with Crippen LogP contribution in [-0.4, -0.2) is 21.1 Å². The zero-order chi connectivity index (χ0) is 16.4. The van der Waals surface area contributed by atoms with Crippen LogP contribution in [0.1, 0.15) is 56.6 Å². The van der Waals surface area contributed by atoms with Crippen LogP contribution in [0.2, 0.25) is 0 Å². The van der Waals surface area contributed by atoms with Crippen LogP contribution in [0.15, 0.2) is 0 Å². The van der Waals surface area contributed by atoms with E-state index in [1.807, 2.05) is 0 Å². The van der Waals surface area contributed by atoms with Crippen LogP contribution < -0.4 is 11.5 Å². The molecule has 2 aromatic heterocycles. The Morgan fingerprint density at radius 1 is 1.13 bits per heavy atom. The molecule has 3 rings (SSSR count). The van der Waals surface area contributed by atoms with Gasteiger partial charge in [0.05, 0.1) is 5.52 Å². The predicted molar refractivity (Wildman–Crippen MR) is 95.4 cm³/mol. The van der Waals surface area contributed by atoms with E-state index in [0.717, 1.165) is 56.5 Å². The number of aryl methyl sites for hydroxylation is 3. The molecule has 0 fully saturated rings. The molecular weight excluding hydrogens is 286 g/mol. The monoisotopic (exact) mass is 315 g/mol. The molecule has 1 aliphatic rings. The van der Waals surface area contributed by atoms with Crippen LogP contribution in [0.4, 0.5) is 5.82 Å². The third-order valence-electron chi connectivity index (χ3n) is 4.67. The van der Waals surface area contributed by atoms with Crippen LogP contribution in [-0.2, 0) is 25.8 Å². The molecule has 2 aromatic rings. The highest BCUT2D eigenvalue weighted by atomic mass is 15.1. The third-order valence-corrected chi connectivity index (χ3v) is 4.67. The van der Waals surface area contributed by atoms with E-state index in [0.29, 0.717) is 11.7 Å². The summed E-state index contributed by atoms with van der Waals surface area (Å²) >= 11 is 0. The smallest absolute Gasteiger partial charge is 0.151 e. The van der Waals surface area contributed by atoms with Crippen LogP contribution in [0.3, 0.4) is 0 Å². The number of nitrogens with two attached hydrogens (primary N) is 2. The first-order valence-electron chi connectivity index (χ1n) is 8.98. The zero-order valence-electron chi connectivity index (χ0n) is 14.4. The predicted octanol–water partition coefficient (Wildman–Crippen LogP) is 2.83. The van der Waals surface area contributed by atoms with Crippen molar-refractivity contribution in [2.24, 2.45) is 11.7 Å². The molecular formula is C18H29N5. The van der Waals surface area contributed by atoms with E-state index < -0.39 is 0 Å². The van der Waals surface area contributed by atoms with Gasteiger partial charge in [-0.1, -0.05) is 13.8 Å². The van der Waals surface area contributed by atoms with E-state index in [4.69, 9.17) is 16.5 Å². The Kier molecular flexibility index (Phi) is 4.85. The second-order valence-corrected chi connectivity index (χ2v) is 7.10. The standard InChI is InChI=1S/C18H29N5/c1-12(2)11-23-15(9-5-6-10-19)22-16-17(23)13-7-3-4-8-14(13)21-18(16)20/h12H,3-11,19H2,1-2H3,(H2,20,21). The van der Waals surface area contributed by atoms with Crippen LogP contribution in [0.5, 0.6) is 0 Å². The Bertz CT molecular complexity index is 687. The summed E-state index contributed by atoms with van der Waals surface area (Å²) in [6.45, 7) is 6.24. The number of rotatable bonds is 6. The van der Waals surface area contributed by atoms with Gasteiger partial charge in [0.2, 0.25) is 0 Å². The molecule has 0 spiro atoms. The van der Waals surface area contributed by atoms with Gasteiger partial charge in [0.25, 0.3) is 0 Å². The summed E-state index contributed by atoms with van der Waals surface area (Å²) in [6.07, 6.45) is 7.68. The number of unbranched alkanes of at least 4 members (excludes halogenated alkanes) is 1. The summed E-state index contributed by atoms with van der Waals surface area (Å²) < 4.78 is 2.42. The quantitative estimate of drug-likeness (QED) is 0.803. The van der Waals surface area contributed by atoms with Crippen LogP contribution in [0.25, 0.3) is 11.0 Å². The zero-order valence-corrected chi connectivity index (χ0v) is 14.4. The third kappa shape index (κ3) is 3.20. The highest BCUT2D eigenvalue weighted by Crippen LogP contribution is 2.32. The largest absolute Gasteiger partial charge is 0.382 e. The molecule has 0 amide bonds. The van der Waals surface area contributed by atoms with Crippen molar-refractivity contribution < 1.29 is 0 Å². The molecule has 0 saturated heterocycles. The Labute approximate surface area is 138 Å². The van der Waals surface area contributed by atoms with Gasteiger partial charge in [-0.2, -0.15) is 0 Å². The minimum absolute atomic E-state index is 0.578. The molecule has 0 bridgehead atoms. The van der Waals surface area contributed by atoms with Gasteiger partial charge in [-0.15, -0.1) is 0 Å². The number of hydrogen-bond donors (Lipinski definition) is 2. The summed E-state index contributed by atoms with van der Waals surface area (Å²) in [4.78, 5) is 9.53. The van der Waals surface area contributed by atoms with Crippen LogP contribution >= 0.6 is 0 Å². The van der Waals surface area contributed by atoms with Crippen molar-refractivity contribution >= 4 is 16.9 Å². The summed E-state index contributed by atoms with van der Waals surface area (Å²) in [5.74, 6) is 2.33. The SMILES string of the molecule is CC(C)Cn1c(CCCCN)nc2c(N)nc3c(c21)CCCC3. The van der Waals surface area contributed by atoms with Crippen molar-refractivity contribution in [1.29, 1.82) is 0 Å². The van der Waals surface area contributed by atoms with Crippen molar-refractivity contribution in [2.75, 3.05) is 12.3 Å². The van der Waals surface area contributed by atoms with E-state index in [9.17, 15) is 0 Å². The Morgan fingerprint density at radius 3 is 2.65 bits per heavy atom. The molecule has 1 aliphatic carbocycles. The van der Waals surface area contributed by atoms with Crippen molar-refractivity contribution in [1.82, 2.24) is 14.5 Å². The number of hydrogen-bond acceptors (Lipinski definition) is 4. The van der Waals surface area contributed by atoms with E-state index in [1.54, 1.807) is 0 Å². The number of aromatic nitrogens is 3. The maximum absolute atomic E-state index is 6.24. The van der Waals surface area contributed by atoms with E-state index in [-0.39, 0.29) is 0 Å². The number of nitrogens with zero attached hydrogens (tertiary/aromatic N) is 3. The van der Waals surface area contributed by atoms with Gasteiger partial charge < -0.3 is 16.0 Å². The fourth-order valence-electron chi connectivity index (χ4n) is 3.63. The number of pyridine rings is 1. The lowest BCUT2D eigenvalue weighted by atomic mass is 9.94. The van der Waals surface area contributed by atoms with E-state index in [1.165, 1.54) is 29.6 Å². The second-order valence-electron chi connectivity index (χ2n) is 7.10. The average molecular weight is 315 g/mol. The molecule has 0 unspecified atom stereocenters. The Morgan fingerprint density at radius 2 is 1.91 bits per heavy atom. The molecule has 5 heteroatoms. The summed E-state index contributed by atoms with van der Waals surface area (Å²) in [5, 5.41) is 0. The van der Waals surface area contributed by atoms with Gasteiger partial charge in [0.15, 0.2) is 5.82 Å². The van der Waals surface area contributed by atoms with Gasteiger partial charge in [-0.05, 0) is 56.6 Å². The molecule has 4 N–H and O–H groups in total. The molecule has 0 aromatic carbocycles. The average Bonchev–Trinajstić information content (AvgIpc) is 2.87. The van der Waals surface area contributed by atoms with Gasteiger partial charge in [0, 0.05) is 18.7 Å². The van der Waals surface area contributed by atoms with Crippen molar-refractivity contribution in [2.45, 2.75) is 65.3 Å². The lowest BCUT2D eigenvalue weighted by Gasteiger charge is -2.19. The summed E-state index contributed by atoms with van der Waals surface area (Å²) in [5.41, 5.74) is 16.6. The molecule has 5 nitrogen and oxygen atoms in total. The maximum atomic E-state index is 6.24. The first kappa shape index (κ1) is 16.2. The number of nitrogen functional groups attached to an aromatic ring is 1. The summed E-state index contributed by atoms with van der Waals surface area (Å²) in [7, 11) is 0. The van der Waals surface area contributed by atoms with Crippen molar-refractivity contribution in [3.8, 4) is 0 Å². The first-order chi connectivity index (χ1) is 11.1. The Balaban J connectivity index is 2.13.